The van der Waals surface area contributed by atoms with Crippen LogP contribution in [0.2, 0.25) is 0 Å². The van der Waals surface area contributed by atoms with E-state index in [9.17, 15) is 19.5 Å². The molecule has 2 atom stereocenters. The van der Waals surface area contributed by atoms with E-state index in [1.165, 1.54) is 109 Å². The first kappa shape index (κ1) is 73.0. The number of esters is 2. The van der Waals surface area contributed by atoms with Crippen LogP contribution in [0.15, 0.2) is 109 Å². The quantitative estimate of drug-likeness (QED) is 0.0211. The van der Waals surface area contributed by atoms with Gasteiger partial charge in [0.05, 0.1) is 34.4 Å². The number of carboxylic acid groups (broad SMARTS) is 1. The topological polar surface area (TPSA) is 108 Å². The summed E-state index contributed by atoms with van der Waals surface area (Å²) in [5.41, 5.74) is 0. The van der Waals surface area contributed by atoms with Crippen LogP contribution >= 0.6 is 0 Å². The lowest BCUT2D eigenvalue weighted by Crippen LogP contribution is -2.40. The molecule has 0 amide bonds. The smallest absolute Gasteiger partial charge is 0.361 e. The molecule has 77 heavy (non-hydrogen) atoms. The molecular weight excluding hydrogens is 959 g/mol. The largest absolute Gasteiger partial charge is 0.477 e. The summed E-state index contributed by atoms with van der Waals surface area (Å²) in [5.74, 6) is -2.02. The van der Waals surface area contributed by atoms with Gasteiger partial charge in [-0.05, 0) is 103 Å². The van der Waals surface area contributed by atoms with Gasteiger partial charge in [-0.2, -0.15) is 0 Å². The normalized spacial score (nSPS) is 13.5. The highest BCUT2D eigenvalue weighted by Gasteiger charge is 2.25. The van der Waals surface area contributed by atoms with Crippen LogP contribution < -0.4 is 0 Å². The Bertz CT molecular complexity index is 1630. The van der Waals surface area contributed by atoms with Crippen molar-refractivity contribution in [1.29, 1.82) is 0 Å². The van der Waals surface area contributed by atoms with E-state index in [-0.39, 0.29) is 32.2 Å². The van der Waals surface area contributed by atoms with Crippen LogP contribution in [-0.4, -0.2) is 87.4 Å². The van der Waals surface area contributed by atoms with Crippen molar-refractivity contribution in [2.45, 2.75) is 257 Å². The second-order valence-electron chi connectivity index (χ2n) is 21.6. The molecule has 0 saturated heterocycles. The highest BCUT2D eigenvalue weighted by atomic mass is 16.7. The molecule has 0 aromatic rings. The van der Waals surface area contributed by atoms with Gasteiger partial charge in [-0.3, -0.25) is 9.59 Å². The van der Waals surface area contributed by atoms with Gasteiger partial charge < -0.3 is 28.5 Å². The fourth-order valence-electron chi connectivity index (χ4n) is 8.26. The van der Waals surface area contributed by atoms with E-state index in [1.54, 1.807) is 0 Å². The van der Waals surface area contributed by atoms with Gasteiger partial charge in [-0.25, -0.2) is 4.79 Å². The Morgan fingerprint density at radius 2 is 0.740 bits per heavy atom. The first-order chi connectivity index (χ1) is 37.6. The average molecular weight is 1080 g/mol. The predicted molar refractivity (Wildman–Crippen MR) is 327 cm³/mol. The highest BCUT2D eigenvalue weighted by Crippen LogP contribution is 2.15. The Morgan fingerprint density at radius 3 is 1.12 bits per heavy atom. The SMILES string of the molecule is CC/C=C\C/C=C\C/C=C\C/C=C\C/C=C\C/C=C\C/C=C\C/C=C\CCCCCCCCCCCCC(=O)OC(COC(=O)CCCCCCCCC/C=C\CCCCCCCC)COC(OCC[N+](C)(C)C)C(=O)O. The van der Waals surface area contributed by atoms with Crippen LogP contribution in [0.5, 0.6) is 0 Å². The molecule has 9 nitrogen and oxygen atoms in total. The van der Waals surface area contributed by atoms with Gasteiger partial charge in [-0.15, -0.1) is 0 Å². The Hall–Kier alpha value is -4.05. The standard InChI is InChI=1S/C68H115NO8/c1-6-8-10-12-14-16-18-20-22-24-25-26-27-28-29-30-31-32-33-34-35-36-37-38-39-40-41-43-45-47-49-51-53-55-57-59-66(71)77-64(63-76-68(67(72)73)74-61-60-69(3,4)5)62-75-65(70)58-56-54-52-50-48-46-44-42-23-21-19-17-15-13-11-9-7-2/h8,10,14,16,20-23,25-26,28-29,31-32,34-35,37-38,64,68H,6-7,9,11-13,15,17-19,24,27,30,33,36,39-63H2,1-5H3/p+1/b10-8-,16-14-,22-20-,23-21-,26-25-,29-28-,32-31-,35-34-,38-37-. The number of carbonyl (C=O) groups is 3. The minimum Gasteiger partial charge on any atom is -0.477 e. The van der Waals surface area contributed by atoms with Gasteiger partial charge in [0, 0.05) is 12.8 Å². The molecule has 0 aromatic heterocycles. The fraction of sp³-hybridized carbons (Fsp3) is 0.691. The summed E-state index contributed by atoms with van der Waals surface area (Å²) in [7, 11) is 5.96. The number of hydrogen-bond donors (Lipinski definition) is 1. The van der Waals surface area contributed by atoms with Crippen LogP contribution in [0, 0.1) is 0 Å². The van der Waals surface area contributed by atoms with Crippen molar-refractivity contribution >= 4 is 17.9 Å². The molecule has 0 fully saturated rings. The van der Waals surface area contributed by atoms with Gasteiger partial charge in [0.15, 0.2) is 6.10 Å². The van der Waals surface area contributed by atoms with Crippen molar-refractivity contribution < 1.29 is 42.9 Å². The van der Waals surface area contributed by atoms with E-state index < -0.39 is 24.3 Å². The monoisotopic (exact) mass is 1070 g/mol. The number of carboxylic acids is 1. The number of ether oxygens (including phenoxy) is 4. The number of allylic oxidation sites excluding steroid dienone is 18. The van der Waals surface area contributed by atoms with Crippen molar-refractivity contribution in [2.24, 2.45) is 0 Å². The molecule has 0 bridgehead atoms. The molecule has 9 heteroatoms. The molecular formula is C68H116NO8+. The number of rotatable bonds is 56. The van der Waals surface area contributed by atoms with Crippen molar-refractivity contribution in [3.63, 3.8) is 0 Å². The first-order valence-electron chi connectivity index (χ1n) is 31.1. The molecule has 0 saturated carbocycles. The summed E-state index contributed by atoms with van der Waals surface area (Å²) < 4.78 is 22.9. The molecule has 0 aliphatic carbocycles. The van der Waals surface area contributed by atoms with E-state index in [0.29, 0.717) is 23.9 Å². The third-order valence-corrected chi connectivity index (χ3v) is 13.0. The summed E-state index contributed by atoms with van der Waals surface area (Å²) in [6, 6.07) is 0. The molecule has 0 heterocycles. The summed E-state index contributed by atoms with van der Waals surface area (Å²) in [6.45, 7) is 4.75. The van der Waals surface area contributed by atoms with E-state index in [2.05, 4.69) is 123 Å². The molecule has 0 spiro atoms. The predicted octanol–water partition coefficient (Wildman–Crippen LogP) is 18.7. The van der Waals surface area contributed by atoms with Gasteiger partial charge in [0.25, 0.3) is 6.29 Å². The van der Waals surface area contributed by atoms with E-state index in [0.717, 1.165) is 103 Å². The number of likely N-dealkylation sites (N-methyl/N-ethyl adjacent to an activating group) is 1. The van der Waals surface area contributed by atoms with Crippen molar-refractivity contribution in [3.05, 3.63) is 109 Å². The second-order valence-corrected chi connectivity index (χ2v) is 21.6. The molecule has 440 valence electrons. The Kier molecular flexibility index (Phi) is 55.1. The lowest BCUT2D eigenvalue weighted by Gasteiger charge is -2.25. The third-order valence-electron chi connectivity index (χ3n) is 13.0. The zero-order valence-corrected chi connectivity index (χ0v) is 50.1. The molecule has 0 aromatic carbocycles. The van der Waals surface area contributed by atoms with Crippen LogP contribution in [0.1, 0.15) is 245 Å². The van der Waals surface area contributed by atoms with Gasteiger partial charge in [0.1, 0.15) is 13.2 Å². The summed E-state index contributed by atoms with van der Waals surface area (Å²) in [6.07, 6.45) is 77.4. The van der Waals surface area contributed by atoms with E-state index >= 15 is 0 Å². The minimum absolute atomic E-state index is 0.182. The molecule has 0 radical (unpaired) electrons. The Morgan fingerprint density at radius 1 is 0.403 bits per heavy atom. The maximum atomic E-state index is 12.9. The number of nitrogens with zero attached hydrogens (tertiary/aromatic N) is 1. The van der Waals surface area contributed by atoms with Crippen molar-refractivity contribution in [2.75, 3.05) is 47.5 Å². The minimum atomic E-state index is -1.52. The van der Waals surface area contributed by atoms with Crippen LogP contribution in [0.3, 0.4) is 0 Å². The number of quaternary nitrogens is 1. The fourth-order valence-corrected chi connectivity index (χ4v) is 8.26. The summed E-state index contributed by atoms with van der Waals surface area (Å²) in [4.78, 5) is 37.5. The number of carbonyl (C=O) groups excluding carboxylic acids is 2. The van der Waals surface area contributed by atoms with Crippen molar-refractivity contribution in [1.82, 2.24) is 0 Å². The van der Waals surface area contributed by atoms with Crippen LogP contribution in [-0.2, 0) is 33.3 Å². The zero-order chi connectivity index (χ0) is 56.2. The van der Waals surface area contributed by atoms with Gasteiger partial charge in [-0.1, -0.05) is 239 Å². The first-order valence-corrected chi connectivity index (χ1v) is 31.1. The van der Waals surface area contributed by atoms with Gasteiger partial charge >= 0.3 is 17.9 Å². The average Bonchev–Trinajstić information content (AvgIpc) is 3.40. The Labute approximate surface area is 473 Å². The third kappa shape index (κ3) is 59.5. The van der Waals surface area contributed by atoms with E-state index in [4.69, 9.17) is 18.9 Å². The molecule has 2 unspecified atom stereocenters. The highest BCUT2D eigenvalue weighted by molar-refractivity contribution is 5.71. The van der Waals surface area contributed by atoms with E-state index in [1.807, 2.05) is 21.1 Å². The molecule has 0 aliphatic heterocycles. The van der Waals surface area contributed by atoms with Gasteiger partial charge in [0.2, 0.25) is 0 Å². The maximum Gasteiger partial charge on any atom is 0.361 e. The molecule has 1 N–H and O–H groups in total. The second kappa shape index (κ2) is 58.1. The molecule has 0 aliphatic rings. The zero-order valence-electron chi connectivity index (χ0n) is 50.1. The van der Waals surface area contributed by atoms with Crippen LogP contribution in [0.25, 0.3) is 0 Å². The van der Waals surface area contributed by atoms with Crippen LogP contribution in [0.4, 0.5) is 0 Å². The summed E-state index contributed by atoms with van der Waals surface area (Å²) >= 11 is 0. The number of unbranched alkanes of at least 4 members (excludes halogenated alkanes) is 23. The summed E-state index contributed by atoms with van der Waals surface area (Å²) in [5, 5.41) is 9.71. The Balaban J connectivity index is 4.20. The number of hydrogen-bond acceptors (Lipinski definition) is 7. The lowest BCUT2D eigenvalue weighted by molar-refractivity contribution is -0.870. The lowest BCUT2D eigenvalue weighted by atomic mass is 10.0. The maximum absolute atomic E-state index is 12.9. The van der Waals surface area contributed by atoms with Crippen molar-refractivity contribution in [3.8, 4) is 0 Å². The number of aliphatic carboxylic acids is 1. The molecule has 0 rings (SSSR count).